The number of carbonyl (C=O) groups excluding carboxylic acids is 1. The second kappa shape index (κ2) is 6.28. The minimum atomic E-state index is -0.274. The molecule has 0 atom stereocenters. The van der Waals surface area contributed by atoms with Gasteiger partial charge >= 0.3 is 5.97 Å². The van der Waals surface area contributed by atoms with Gasteiger partial charge in [0.2, 0.25) is 0 Å². The molecule has 20 heavy (non-hydrogen) atoms. The Balaban J connectivity index is 2.27. The summed E-state index contributed by atoms with van der Waals surface area (Å²) < 4.78 is 10.3. The van der Waals surface area contributed by atoms with Gasteiger partial charge < -0.3 is 14.5 Å². The van der Waals surface area contributed by atoms with E-state index in [2.05, 4.69) is 4.98 Å². The smallest absolute Gasteiger partial charge is 0.340 e. The third-order valence-electron chi connectivity index (χ3n) is 3.17. The van der Waals surface area contributed by atoms with E-state index in [1.807, 2.05) is 44.3 Å². The number of ether oxygens (including phenoxy) is 2. The van der Waals surface area contributed by atoms with Crippen molar-refractivity contribution >= 4 is 5.97 Å². The van der Waals surface area contributed by atoms with Gasteiger partial charge in [-0.2, -0.15) is 0 Å². The standard InChI is InChI=1S/C16H19NO3/c1-4-20-16(18)15-11(2)17-10-13(15)8-12-6-5-7-14(9-12)19-3/h5-7,9-10,17H,4,8H2,1-3H3. The molecule has 0 radical (unpaired) electrons. The van der Waals surface area contributed by atoms with Gasteiger partial charge in [0.1, 0.15) is 5.75 Å². The molecular formula is C16H19NO3. The molecule has 106 valence electrons. The molecule has 0 bridgehead atoms. The van der Waals surface area contributed by atoms with E-state index >= 15 is 0 Å². The van der Waals surface area contributed by atoms with E-state index in [0.717, 1.165) is 22.6 Å². The molecule has 0 saturated carbocycles. The summed E-state index contributed by atoms with van der Waals surface area (Å²) in [5.74, 6) is 0.539. The van der Waals surface area contributed by atoms with Crippen molar-refractivity contribution in [1.29, 1.82) is 0 Å². The van der Waals surface area contributed by atoms with Gasteiger partial charge in [0, 0.05) is 11.9 Å². The topological polar surface area (TPSA) is 51.3 Å². The highest BCUT2D eigenvalue weighted by Gasteiger charge is 2.17. The number of H-pyrrole nitrogens is 1. The number of hydrogen-bond acceptors (Lipinski definition) is 3. The minimum Gasteiger partial charge on any atom is -0.497 e. The predicted octanol–water partition coefficient (Wildman–Crippen LogP) is 3.10. The van der Waals surface area contributed by atoms with Gasteiger partial charge in [0.15, 0.2) is 0 Å². The van der Waals surface area contributed by atoms with Crippen LogP contribution in [-0.2, 0) is 11.2 Å². The van der Waals surface area contributed by atoms with Crippen molar-refractivity contribution in [3.63, 3.8) is 0 Å². The molecule has 0 aliphatic rings. The number of rotatable bonds is 5. The van der Waals surface area contributed by atoms with Crippen LogP contribution in [0.15, 0.2) is 30.5 Å². The fraction of sp³-hybridized carbons (Fsp3) is 0.312. The molecule has 0 amide bonds. The van der Waals surface area contributed by atoms with Gasteiger partial charge in [-0.05, 0) is 43.5 Å². The minimum absolute atomic E-state index is 0.274. The van der Waals surface area contributed by atoms with Crippen molar-refractivity contribution in [3.8, 4) is 5.75 Å². The fourth-order valence-electron chi connectivity index (χ4n) is 2.21. The molecule has 0 aliphatic heterocycles. The van der Waals surface area contributed by atoms with Gasteiger partial charge in [-0.1, -0.05) is 12.1 Å². The van der Waals surface area contributed by atoms with Crippen LogP contribution < -0.4 is 4.74 Å². The molecule has 1 N–H and O–H groups in total. The zero-order valence-corrected chi connectivity index (χ0v) is 12.0. The third kappa shape index (κ3) is 3.02. The zero-order valence-electron chi connectivity index (χ0n) is 12.0. The highest BCUT2D eigenvalue weighted by atomic mass is 16.5. The first-order chi connectivity index (χ1) is 9.65. The normalized spacial score (nSPS) is 10.3. The Bertz CT molecular complexity index is 602. The molecule has 4 heteroatoms. The summed E-state index contributed by atoms with van der Waals surface area (Å²) in [5.41, 5.74) is 3.50. The first kappa shape index (κ1) is 14.2. The van der Waals surface area contributed by atoms with Crippen molar-refractivity contribution in [2.24, 2.45) is 0 Å². The lowest BCUT2D eigenvalue weighted by molar-refractivity contribution is 0.0524. The van der Waals surface area contributed by atoms with E-state index in [-0.39, 0.29) is 5.97 Å². The maximum atomic E-state index is 12.0. The molecule has 0 spiro atoms. The number of methoxy groups -OCH3 is 1. The Labute approximate surface area is 118 Å². The van der Waals surface area contributed by atoms with Crippen LogP contribution in [0.1, 0.15) is 34.1 Å². The van der Waals surface area contributed by atoms with E-state index in [9.17, 15) is 4.79 Å². The van der Waals surface area contributed by atoms with E-state index < -0.39 is 0 Å². The number of carbonyl (C=O) groups is 1. The largest absolute Gasteiger partial charge is 0.497 e. The Kier molecular flexibility index (Phi) is 4.45. The molecule has 0 saturated heterocycles. The van der Waals surface area contributed by atoms with Crippen molar-refractivity contribution in [2.75, 3.05) is 13.7 Å². The molecule has 1 aromatic heterocycles. The van der Waals surface area contributed by atoms with Crippen LogP contribution in [0.25, 0.3) is 0 Å². The third-order valence-corrected chi connectivity index (χ3v) is 3.17. The highest BCUT2D eigenvalue weighted by Crippen LogP contribution is 2.21. The number of aryl methyl sites for hydroxylation is 1. The molecular weight excluding hydrogens is 254 g/mol. The van der Waals surface area contributed by atoms with Gasteiger partial charge in [0.05, 0.1) is 19.3 Å². The first-order valence-electron chi connectivity index (χ1n) is 6.62. The van der Waals surface area contributed by atoms with Gasteiger partial charge in [-0.15, -0.1) is 0 Å². The molecule has 1 aromatic carbocycles. The SMILES string of the molecule is CCOC(=O)c1c(Cc2cccc(OC)c2)c[nH]c1C. The van der Waals surface area contributed by atoms with Crippen LogP contribution in [0.5, 0.6) is 5.75 Å². The second-order valence-electron chi connectivity index (χ2n) is 4.56. The summed E-state index contributed by atoms with van der Waals surface area (Å²) in [6, 6.07) is 7.83. The van der Waals surface area contributed by atoms with Crippen LogP contribution in [0.3, 0.4) is 0 Å². The Morgan fingerprint density at radius 3 is 2.85 bits per heavy atom. The number of aromatic amines is 1. The van der Waals surface area contributed by atoms with Crippen LogP contribution in [-0.4, -0.2) is 24.7 Å². The quantitative estimate of drug-likeness (QED) is 0.852. The lowest BCUT2D eigenvalue weighted by Gasteiger charge is -2.07. The molecule has 0 aliphatic carbocycles. The summed E-state index contributed by atoms with van der Waals surface area (Å²) in [5, 5.41) is 0. The highest BCUT2D eigenvalue weighted by molar-refractivity contribution is 5.92. The van der Waals surface area contributed by atoms with Crippen molar-refractivity contribution in [3.05, 3.63) is 52.8 Å². The summed E-state index contributed by atoms with van der Waals surface area (Å²) in [7, 11) is 1.64. The average Bonchev–Trinajstić information content (AvgIpc) is 2.80. The molecule has 0 unspecified atom stereocenters. The molecule has 2 aromatic rings. The summed E-state index contributed by atoms with van der Waals surface area (Å²) in [6.07, 6.45) is 2.52. The van der Waals surface area contributed by atoms with Crippen LogP contribution in [0.2, 0.25) is 0 Å². The van der Waals surface area contributed by atoms with Crippen LogP contribution >= 0.6 is 0 Å². The van der Waals surface area contributed by atoms with Crippen LogP contribution in [0, 0.1) is 6.92 Å². The maximum absolute atomic E-state index is 12.0. The monoisotopic (exact) mass is 273 g/mol. The predicted molar refractivity (Wildman–Crippen MR) is 77.3 cm³/mol. The number of nitrogens with one attached hydrogen (secondary N) is 1. The molecule has 1 heterocycles. The van der Waals surface area contributed by atoms with Crippen molar-refractivity contribution in [2.45, 2.75) is 20.3 Å². The average molecular weight is 273 g/mol. The lowest BCUT2D eigenvalue weighted by atomic mass is 10.0. The zero-order chi connectivity index (χ0) is 14.5. The van der Waals surface area contributed by atoms with E-state index in [1.165, 1.54) is 0 Å². The van der Waals surface area contributed by atoms with Gasteiger partial charge in [0.25, 0.3) is 0 Å². The lowest BCUT2D eigenvalue weighted by Crippen LogP contribution is -2.08. The Hall–Kier alpha value is -2.23. The molecule has 0 fully saturated rings. The summed E-state index contributed by atoms with van der Waals surface area (Å²) in [4.78, 5) is 15.1. The van der Waals surface area contributed by atoms with Crippen molar-refractivity contribution < 1.29 is 14.3 Å². The van der Waals surface area contributed by atoms with Gasteiger partial charge in [-0.25, -0.2) is 4.79 Å². The molecule has 4 nitrogen and oxygen atoms in total. The number of benzene rings is 1. The van der Waals surface area contributed by atoms with E-state index in [4.69, 9.17) is 9.47 Å². The Morgan fingerprint density at radius 2 is 2.15 bits per heavy atom. The molecule has 2 rings (SSSR count). The first-order valence-corrected chi connectivity index (χ1v) is 6.62. The Morgan fingerprint density at radius 1 is 1.35 bits per heavy atom. The van der Waals surface area contributed by atoms with Crippen LogP contribution in [0.4, 0.5) is 0 Å². The number of hydrogen-bond donors (Lipinski definition) is 1. The number of aromatic nitrogens is 1. The summed E-state index contributed by atoms with van der Waals surface area (Å²) >= 11 is 0. The van der Waals surface area contributed by atoms with E-state index in [1.54, 1.807) is 7.11 Å². The second-order valence-corrected chi connectivity index (χ2v) is 4.56. The maximum Gasteiger partial charge on any atom is 0.340 e. The van der Waals surface area contributed by atoms with E-state index in [0.29, 0.717) is 18.6 Å². The summed E-state index contributed by atoms with van der Waals surface area (Å²) in [6.45, 7) is 4.06. The number of esters is 1. The van der Waals surface area contributed by atoms with Gasteiger partial charge in [-0.3, -0.25) is 0 Å². The van der Waals surface area contributed by atoms with Crippen molar-refractivity contribution in [1.82, 2.24) is 4.98 Å². The fourth-order valence-corrected chi connectivity index (χ4v) is 2.21.